The second-order valence-corrected chi connectivity index (χ2v) is 11.7. The fourth-order valence-corrected chi connectivity index (χ4v) is 8.26. The van der Waals surface area contributed by atoms with Gasteiger partial charge in [-0.2, -0.15) is 0 Å². The zero-order chi connectivity index (χ0) is 23.1. The molecule has 0 spiro atoms. The lowest BCUT2D eigenvalue weighted by molar-refractivity contribution is 0.643. The van der Waals surface area contributed by atoms with Crippen LogP contribution >= 0.6 is 7.92 Å². The standard InChI is InChI=1S/C33H29P/c1-23-20-25-12-9-10-17-28(25)30(23)22-31-24(2)21-32-29(31)18-11-19-33(32)34(26-13-5-3-6-14-26)27-15-7-4-8-16-27/h3-21,30-31H,22H2,1-2H3. The minimum absolute atomic E-state index is 0.470. The Hall–Kier alpha value is -3.21. The first-order valence-corrected chi connectivity index (χ1v) is 13.5. The Labute approximate surface area is 204 Å². The van der Waals surface area contributed by atoms with Crippen molar-refractivity contribution in [2.75, 3.05) is 0 Å². The third-order valence-corrected chi connectivity index (χ3v) is 9.96. The molecule has 6 rings (SSSR count). The lowest BCUT2D eigenvalue weighted by atomic mass is 9.82. The Kier molecular flexibility index (Phi) is 5.56. The average Bonchev–Trinajstić information content (AvgIpc) is 3.37. The normalized spacial score (nSPS) is 18.4. The van der Waals surface area contributed by atoms with Gasteiger partial charge in [0.05, 0.1) is 0 Å². The molecular formula is C33H29P. The molecule has 166 valence electrons. The van der Waals surface area contributed by atoms with Gasteiger partial charge in [-0.3, -0.25) is 0 Å². The van der Waals surface area contributed by atoms with Gasteiger partial charge in [0.2, 0.25) is 0 Å². The molecule has 0 aromatic heterocycles. The molecule has 1 heteroatoms. The van der Waals surface area contributed by atoms with Crippen LogP contribution in [0.15, 0.2) is 114 Å². The number of hydrogen-bond donors (Lipinski definition) is 0. The van der Waals surface area contributed by atoms with Crippen molar-refractivity contribution in [1.82, 2.24) is 0 Å². The van der Waals surface area contributed by atoms with Gasteiger partial charge in [0, 0.05) is 11.8 Å². The Morgan fingerprint density at radius 1 is 0.559 bits per heavy atom. The lowest BCUT2D eigenvalue weighted by Crippen LogP contribution is -2.22. The van der Waals surface area contributed by atoms with Crippen molar-refractivity contribution in [3.05, 3.63) is 137 Å². The Balaban J connectivity index is 1.42. The highest BCUT2D eigenvalue weighted by Crippen LogP contribution is 2.48. The van der Waals surface area contributed by atoms with Crippen LogP contribution in [0.25, 0.3) is 12.2 Å². The van der Waals surface area contributed by atoms with E-state index >= 15 is 0 Å². The zero-order valence-corrected chi connectivity index (χ0v) is 20.7. The quantitative estimate of drug-likeness (QED) is 0.272. The van der Waals surface area contributed by atoms with Gasteiger partial charge in [-0.15, -0.1) is 0 Å². The molecule has 0 amide bonds. The predicted molar refractivity (Wildman–Crippen MR) is 149 cm³/mol. The Morgan fingerprint density at radius 2 is 1.12 bits per heavy atom. The summed E-state index contributed by atoms with van der Waals surface area (Å²) in [7, 11) is -0.609. The van der Waals surface area contributed by atoms with Crippen LogP contribution in [-0.4, -0.2) is 0 Å². The van der Waals surface area contributed by atoms with E-state index in [9.17, 15) is 0 Å². The smallest absolute Gasteiger partial charge is 0.00638 e. The van der Waals surface area contributed by atoms with E-state index in [1.165, 1.54) is 49.3 Å². The molecule has 0 aliphatic heterocycles. The largest absolute Gasteiger partial charge is 0.0652 e. The second kappa shape index (κ2) is 8.86. The minimum Gasteiger partial charge on any atom is -0.0652 e. The summed E-state index contributed by atoms with van der Waals surface area (Å²) in [5.41, 5.74) is 8.84. The van der Waals surface area contributed by atoms with Crippen LogP contribution in [0, 0.1) is 0 Å². The molecule has 4 aromatic rings. The molecule has 0 heterocycles. The van der Waals surface area contributed by atoms with E-state index in [-0.39, 0.29) is 0 Å². The van der Waals surface area contributed by atoms with Gasteiger partial charge in [-0.05, 0) is 66.4 Å². The molecule has 0 saturated heterocycles. The van der Waals surface area contributed by atoms with Crippen LogP contribution in [0.2, 0.25) is 0 Å². The number of rotatable bonds is 5. The number of benzene rings is 4. The minimum atomic E-state index is -0.609. The molecule has 0 radical (unpaired) electrons. The number of fused-ring (bicyclic) bond motifs is 2. The first-order chi connectivity index (χ1) is 16.7. The van der Waals surface area contributed by atoms with E-state index in [1.54, 1.807) is 0 Å². The van der Waals surface area contributed by atoms with Gasteiger partial charge in [0.1, 0.15) is 0 Å². The van der Waals surface area contributed by atoms with Crippen LogP contribution < -0.4 is 15.9 Å². The lowest BCUT2D eigenvalue weighted by Gasteiger charge is -2.24. The Bertz CT molecular complexity index is 1360. The van der Waals surface area contributed by atoms with E-state index in [1.807, 2.05) is 0 Å². The van der Waals surface area contributed by atoms with E-state index in [2.05, 4.69) is 129 Å². The van der Waals surface area contributed by atoms with E-state index in [0.29, 0.717) is 11.8 Å². The SMILES string of the molecule is CC1=Cc2ccccc2C1CC1C(C)=Cc2c1cccc2P(c1ccccc1)c1ccccc1. The van der Waals surface area contributed by atoms with Gasteiger partial charge >= 0.3 is 0 Å². The van der Waals surface area contributed by atoms with Crippen molar-refractivity contribution >= 4 is 36.0 Å². The number of hydrogen-bond acceptors (Lipinski definition) is 0. The molecule has 2 aliphatic carbocycles. The van der Waals surface area contributed by atoms with Crippen molar-refractivity contribution in [2.24, 2.45) is 0 Å². The van der Waals surface area contributed by atoms with E-state index < -0.39 is 7.92 Å². The predicted octanol–water partition coefficient (Wildman–Crippen LogP) is 7.54. The highest BCUT2D eigenvalue weighted by molar-refractivity contribution is 7.80. The molecule has 4 aromatic carbocycles. The van der Waals surface area contributed by atoms with Crippen LogP contribution in [0.3, 0.4) is 0 Å². The summed E-state index contributed by atoms with van der Waals surface area (Å²) in [6.07, 6.45) is 6.01. The fourth-order valence-electron chi connectivity index (χ4n) is 5.79. The molecular weight excluding hydrogens is 427 g/mol. The summed E-state index contributed by atoms with van der Waals surface area (Å²) in [6.45, 7) is 4.64. The van der Waals surface area contributed by atoms with E-state index in [0.717, 1.165) is 6.42 Å². The summed E-state index contributed by atoms with van der Waals surface area (Å²) in [5, 5.41) is 4.30. The first kappa shape index (κ1) is 21.3. The summed E-state index contributed by atoms with van der Waals surface area (Å²) < 4.78 is 0. The zero-order valence-electron chi connectivity index (χ0n) is 19.8. The van der Waals surface area contributed by atoms with Crippen molar-refractivity contribution in [3.8, 4) is 0 Å². The summed E-state index contributed by atoms with van der Waals surface area (Å²) in [5.74, 6) is 0.974. The highest BCUT2D eigenvalue weighted by Gasteiger charge is 2.32. The molecule has 0 nitrogen and oxygen atoms in total. The highest BCUT2D eigenvalue weighted by atomic mass is 31.1. The molecule has 2 atom stereocenters. The van der Waals surface area contributed by atoms with Crippen molar-refractivity contribution in [3.63, 3.8) is 0 Å². The molecule has 0 fully saturated rings. The molecule has 0 saturated carbocycles. The second-order valence-electron chi connectivity index (χ2n) is 9.53. The first-order valence-electron chi connectivity index (χ1n) is 12.2. The van der Waals surface area contributed by atoms with Gasteiger partial charge in [-0.1, -0.05) is 126 Å². The van der Waals surface area contributed by atoms with Gasteiger partial charge < -0.3 is 0 Å². The maximum Gasteiger partial charge on any atom is 0.00638 e. The maximum atomic E-state index is 2.48. The molecule has 0 N–H and O–H groups in total. The van der Waals surface area contributed by atoms with Gasteiger partial charge in [-0.25, -0.2) is 0 Å². The van der Waals surface area contributed by atoms with Crippen LogP contribution in [0.4, 0.5) is 0 Å². The van der Waals surface area contributed by atoms with Crippen LogP contribution in [-0.2, 0) is 0 Å². The summed E-state index contributed by atoms with van der Waals surface area (Å²) in [6, 6.07) is 38.1. The van der Waals surface area contributed by atoms with Crippen LogP contribution in [0.5, 0.6) is 0 Å². The maximum absolute atomic E-state index is 2.48. The van der Waals surface area contributed by atoms with Gasteiger partial charge in [0.25, 0.3) is 0 Å². The van der Waals surface area contributed by atoms with E-state index in [4.69, 9.17) is 0 Å². The van der Waals surface area contributed by atoms with Crippen LogP contribution in [0.1, 0.15) is 54.4 Å². The van der Waals surface area contributed by atoms with Gasteiger partial charge in [0.15, 0.2) is 0 Å². The van der Waals surface area contributed by atoms with Crippen molar-refractivity contribution in [2.45, 2.75) is 32.1 Å². The monoisotopic (exact) mass is 456 g/mol. The number of allylic oxidation sites excluding steroid dienone is 2. The third kappa shape index (κ3) is 3.67. The average molecular weight is 457 g/mol. The summed E-state index contributed by atoms with van der Waals surface area (Å²) >= 11 is 0. The topological polar surface area (TPSA) is 0 Å². The molecule has 2 unspecified atom stereocenters. The molecule has 34 heavy (non-hydrogen) atoms. The molecule has 2 aliphatic rings. The molecule has 0 bridgehead atoms. The van der Waals surface area contributed by atoms with Crippen molar-refractivity contribution < 1.29 is 0 Å². The Morgan fingerprint density at radius 3 is 1.82 bits per heavy atom. The summed E-state index contributed by atoms with van der Waals surface area (Å²) in [4.78, 5) is 0. The van der Waals surface area contributed by atoms with Crippen molar-refractivity contribution in [1.29, 1.82) is 0 Å². The third-order valence-electron chi connectivity index (χ3n) is 7.46. The fraction of sp³-hybridized carbons (Fsp3) is 0.152.